The topological polar surface area (TPSA) is 70.2 Å². The molecule has 164 valence electrons. The minimum absolute atomic E-state index is 0.305. The lowest BCUT2D eigenvalue weighted by Gasteiger charge is -2.38. The molecule has 1 heterocycles. The number of hydrogen-bond donors (Lipinski definition) is 0. The fourth-order valence-electron chi connectivity index (χ4n) is 3.24. The van der Waals surface area contributed by atoms with Crippen molar-refractivity contribution in [3.8, 4) is 0 Å². The van der Waals surface area contributed by atoms with Crippen molar-refractivity contribution in [3.63, 3.8) is 0 Å². The molecule has 0 aromatic heterocycles. The van der Waals surface area contributed by atoms with E-state index in [4.69, 9.17) is 4.74 Å². The zero-order valence-corrected chi connectivity index (χ0v) is 19.3. The third-order valence-electron chi connectivity index (χ3n) is 4.73. The standard InChI is InChI=1S/C21H35N3O4S/c1-17(2)11-12-24(29(6,26)27)19-10-8-7-9-18(19)22-13-15-23(16-14-22)20(25)28-21(3,4)5/h7-10,17H,11-16H2,1-6H3. The van der Waals surface area contributed by atoms with Crippen molar-refractivity contribution in [1.29, 1.82) is 0 Å². The van der Waals surface area contributed by atoms with Crippen molar-refractivity contribution in [2.24, 2.45) is 5.92 Å². The van der Waals surface area contributed by atoms with Gasteiger partial charge in [-0.25, -0.2) is 13.2 Å². The van der Waals surface area contributed by atoms with Crippen LogP contribution in [0.1, 0.15) is 41.0 Å². The first kappa shape index (κ1) is 23.3. The lowest BCUT2D eigenvalue weighted by Crippen LogP contribution is -2.50. The summed E-state index contributed by atoms with van der Waals surface area (Å²) in [6.45, 7) is 12.5. The summed E-state index contributed by atoms with van der Waals surface area (Å²) in [4.78, 5) is 16.2. The monoisotopic (exact) mass is 425 g/mol. The smallest absolute Gasteiger partial charge is 0.410 e. The second-order valence-electron chi connectivity index (χ2n) is 8.96. The molecule has 8 heteroatoms. The molecule has 0 N–H and O–H groups in total. The van der Waals surface area contributed by atoms with E-state index in [0.717, 1.165) is 12.1 Å². The van der Waals surface area contributed by atoms with Crippen molar-refractivity contribution in [2.75, 3.05) is 48.2 Å². The summed E-state index contributed by atoms with van der Waals surface area (Å²) < 4.78 is 31.9. The number of sulfonamides is 1. The minimum Gasteiger partial charge on any atom is -0.444 e. The first-order chi connectivity index (χ1) is 13.4. The summed E-state index contributed by atoms with van der Waals surface area (Å²) in [5.41, 5.74) is 1.06. The molecule has 0 bridgehead atoms. The molecule has 1 aromatic carbocycles. The molecule has 1 amide bonds. The highest BCUT2D eigenvalue weighted by Crippen LogP contribution is 2.32. The number of piperazine rings is 1. The molecule has 1 fully saturated rings. The average Bonchev–Trinajstić information content (AvgIpc) is 2.59. The van der Waals surface area contributed by atoms with Crippen LogP contribution in [-0.4, -0.2) is 64.0 Å². The van der Waals surface area contributed by atoms with Crippen LogP contribution in [0.2, 0.25) is 0 Å². The molecule has 0 radical (unpaired) electrons. The third-order valence-corrected chi connectivity index (χ3v) is 5.91. The highest BCUT2D eigenvalue weighted by Gasteiger charge is 2.28. The lowest BCUT2D eigenvalue weighted by atomic mass is 10.1. The van der Waals surface area contributed by atoms with E-state index in [0.29, 0.717) is 44.3 Å². The van der Waals surface area contributed by atoms with Gasteiger partial charge in [0.2, 0.25) is 10.0 Å². The number of anilines is 2. The molecule has 2 rings (SSSR count). The van der Waals surface area contributed by atoms with Gasteiger partial charge in [-0.05, 0) is 45.2 Å². The third kappa shape index (κ3) is 6.80. The van der Waals surface area contributed by atoms with E-state index in [9.17, 15) is 13.2 Å². The Morgan fingerprint density at radius 2 is 1.72 bits per heavy atom. The van der Waals surface area contributed by atoms with Gasteiger partial charge in [0.25, 0.3) is 0 Å². The number of nitrogens with zero attached hydrogens (tertiary/aromatic N) is 3. The minimum atomic E-state index is -3.40. The molecule has 1 aromatic rings. The van der Waals surface area contributed by atoms with Gasteiger partial charge in [-0.1, -0.05) is 26.0 Å². The Hall–Kier alpha value is -1.96. The number of para-hydroxylation sites is 2. The summed E-state index contributed by atoms with van der Waals surface area (Å²) in [5.74, 6) is 0.406. The molecule has 0 spiro atoms. The van der Waals surface area contributed by atoms with Gasteiger partial charge in [-0.3, -0.25) is 4.31 Å². The van der Waals surface area contributed by atoms with Crippen molar-refractivity contribution >= 4 is 27.5 Å². The van der Waals surface area contributed by atoms with Crippen molar-refractivity contribution in [1.82, 2.24) is 4.90 Å². The van der Waals surface area contributed by atoms with Crippen molar-refractivity contribution in [3.05, 3.63) is 24.3 Å². The van der Waals surface area contributed by atoms with Gasteiger partial charge in [0.05, 0.1) is 17.6 Å². The van der Waals surface area contributed by atoms with Crippen LogP contribution in [0.3, 0.4) is 0 Å². The lowest BCUT2D eigenvalue weighted by molar-refractivity contribution is 0.0240. The van der Waals surface area contributed by atoms with Gasteiger partial charge in [-0.2, -0.15) is 0 Å². The molecule has 7 nitrogen and oxygen atoms in total. The normalized spacial score (nSPS) is 15.6. The van der Waals surface area contributed by atoms with Crippen LogP contribution in [-0.2, 0) is 14.8 Å². The van der Waals surface area contributed by atoms with E-state index >= 15 is 0 Å². The zero-order chi connectivity index (χ0) is 21.8. The van der Waals surface area contributed by atoms with E-state index in [2.05, 4.69) is 18.7 Å². The number of benzene rings is 1. The largest absolute Gasteiger partial charge is 0.444 e. The van der Waals surface area contributed by atoms with E-state index in [-0.39, 0.29) is 6.09 Å². The van der Waals surface area contributed by atoms with E-state index in [1.807, 2.05) is 45.0 Å². The first-order valence-electron chi connectivity index (χ1n) is 10.2. The van der Waals surface area contributed by atoms with Gasteiger partial charge in [0.15, 0.2) is 0 Å². The van der Waals surface area contributed by atoms with Crippen LogP contribution in [0, 0.1) is 5.92 Å². The summed E-state index contributed by atoms with van der Waals surface area (Å²) in [5, 5.41) is 0. The molecular weight excluding hydrogens is 390 g/mol. The summed E-state index contributed by atoms with van der Waals surface area (Å²) in [7, 11) is -3.40. The number of amides is 1. The number of carbonyl (C=O) groups is 1. The fraction of sp³-hybridized carbons (Fsp3) is 0.667. The predicted molar refractivity (Wildman–Crippen MR) is 118 cm³/mol. The molecule has 0 atom stereocenters. The number of carbonyl (C=O) groups excluding carboxylic acids is 1. The number of hydrogen-bond acceptors (Lipinski definition) is 5. The maximum atomic E-state index is 12.5. The molecule has 29 heavy (non-hydrogen) atoms. The van der Waals surface area contributed by atoms with E-state index < -0.39 is 15.6 Å². The molecule has 0 aliphatic carbocycles. The van der Waals surface area contributed by atoms with Gasteiger partial charge < -0.3 is 14.5 Å². The molecule has 0 unspecified atom stereocenters. The van der Waals surface area contributed by atoms with Crippen LogP contribution in [0.4, 0.5) is 16.2 Å². The Balaban J connectivity index is 2.17. The molecule has 1 aliphatic heterocycles. The van der Waals surface area contributed by atoms with E-state index in [1.54, 1.807) is 4.90 Å². The first-order valence-corrected chi connectivity index (χ1v) is 12.0. The van der Waals surface area contributed by atoms with Crippen LogP contribution >= 0.6 is 0 Å². The van der Waals surface area contributed by atoms with Crippen LogP contribution in [0.25, 0.3) is 0 Å². The van der Waals surface area contributed by atoms with Crippen molar-refractivity contribution < 1.29 is 17.9 Å². The average molecular weight is 426 g/mol. The second kappa shape index (κ2) is 9.24. The maximum absolute atomic E-state index is 12.5. The van der Waals surface area contributed by atoms with Crippen LogP contribution < -0.4 is 9.21 Å². The maximum Gasteiger partial charge on any atom is 0.410 e. The zero-order valence-electron chi connectivity index (χ0n) is 18.5. The molecule has 1 saturated heterocycles. The Kier molecular flexibility index (Phi) is 7.43. The summed E-state index contributed by atoms with van der Waals surface area (Å²) in [6.07, 6.45) is 1.73. The highest BCUT2D eigenvalue weighted by atomic mass is 32.2. The van der Waals surface area contributed by atoms with Gasteiger partial charge in [0, 0.05) is 32.7 Å². The van der Waals surface area contributed by atoms with Crippen LogP contribution in [0.15, 0.2) is 24.3 Å². The Bertz CT molecular complexity index is 794. The quantitative estimate of drug-likeness (QED) is 0.697. The fourth-order valence-corrected chi connectivity index (χ4v) is 4.19. The van der Waals surface area contributed by atoms with Gasteiger partial charge in [-0.15, -0.1) is 0 Å². The highest BCUT2D eigenvalue weighted by molar-refractivity contribution is 7.92. The Labute approximate surface area is 175 Å². The second-order valence-corrected chi connectivity index (χ2v) is 10.9. The summed E-state index contributed by atoms with van der Waals surface area (Å²) >= 11 is 0. The Morgan fingerprint density at radius 1 is 1.14 bits per heavy atom. The SMILES string of the molecule is CC(C)CCN(c1ccccc1N1CCN(C(=O)OC(C)(C)C)CC1)S(C)(=O)=O. The van der Waals surface area contributed by atoms with Gasteiger partial charge >= 0.3 is 6.09 Å². The Morgan fingerprint density at radius 3 is 2.24 bits per heavy atom. The molecule has 1 aliphatic rings. The predicted octanol–water partition coefficient (Wildman–Crippen LogP) is 3.56. The summed E-state index contributed by atoms with van der Waals surface area (Å²) in [6, 6.07) is 7.59. The number of ether oxygens (including phenoxy) is 1. The van der Waals surface area contributed by atoms with Crippen molar-refractivity contribution in [2.45, 2.75) is 46.6 Å². The number of rotatable bonds is 6. The molecular formula is C21H35N3O4S. The van der Waals surface area contributed by atoms with Gasteiger partial charge in [0.1, 0.15) is 5.60 Å². The van der Waals surface area contributed by atoms with E-state index in [1.165, 1.54) is 10.6 Å². The molecule has 0 saturated carbocycles. The van der Waals surface area contributed by atoms with Crippen LogP contribution in [0.5, 0.6) is 0 Å².